The minimum absolute atomic E-state index is 0.0826. The summed E-state index contributed by atoms with van der Waals surface area (Å²) >= 11 is 0. The Hall–Kier alpha value is -4.40. The molecule has 3 atom stereocenters. The van der Waals surface area contributed by atoms with Gasteiger partial charge in [0, 0.05) is 23.4 Å². The van der Waals surface area contributed by atoms with Crippen LogP contribution in [0.1, 0.15) is 63.9 Å². The van der Waals surface area contributed by atoms with Gasteiger partial charge >= 0.3 is 12.1 Å². The number of nitrogens with one attached hydrogen (secondary N) is 1. The van der Waals surface area contributed by atoms with Gasteiger partial charge in [0.2, 0.25) is 5.91 Å². The predicted molar refractivity (Wildman–Crippen MR) is 165 cm³/mol. The van der Waals surface area contributed by atoms with Crippen LogP contribution in [0, 0.1) is 0 Å². The minimum atomic E-state index is -1.10. The van der Waals surface area contributed by atoms with Crippen LogP contribution in [0.5, 0.6) is 5.75 Å². The molecule has 1 saturated heterocycles. The van der Waals surface area contributed by atoms with Crippen LogP contribution < -0.4 is 10.1 Å². The second-order valence-corrected chi connectivity index (χ2v) is 11.2. The standard InChI is InChI=1S/C34H39N3O6/c1-2-3-15-28-32(38)37-22-25(20-30(37)33(39)40)43-31-21-29(24-13-9-7-10-14-24)35-27-17-16-23(19-26(27)31)12-8-5-4-6-11-18-42-34(41)36-28/h7-10,12-14,16-17,19,21,25,28,30H,2-6,11,15,18,20,22H2,1H3,(H,36,41)(H,39,40)/b12-8-/t25-,28+,30+/m1/s1. The smallest absolute Gasteiger partial charge is 0.407 e. The summed E-state index contributed by atoms with van der Waals surface area (Å²) in [6.07, 6.45) is 8.47. The van der Waals surface area contributed by atoms with Crippen molar-refractivity contribution in [3.05, 3.63) is 66.2 Å². The molecule has 3 aromatic rings. The SMILES string of the molecule is CCCC[C@@H]1NC(=O)OCCCCC/C=C\c2ccc3nc(-c4ccccc4)cc(c3c2)O[C@@H]2C[C@@H](C(=O)O)N(C2)C1=O. The fourth-order valence-corrected chi connectivity index (χ4v) is 5.69. The maximum Gasteiger partial charge on any atom is 0.407 e. The third kappa shape index (κ3) is 7.52. The number of ether oxygens (including phenoxy) is 2. The molecule has 1 fully saturated rings. The fourth-order valence-electron chi connectivity index (χ4n) is 5.69. The molecule has 0 saturated carbocycles. The first kappa shape index (κ1) is 30.1. The monoisotopic (exact) mass is 585 g/mol. The molecule has 0 unspecified atom stereocenters. The van der Waals surface area contributed by atoms with Gasteiger partial charge in [-0.25, -0.2) is 14.6 Å². The van der Waals surface area contributed by atoms with Crippen molar-refractivity contribution in [2.75, 3.05) is 13.2 Å². The quantitative estimate of drug-likeness (QED) is 0.366. The van der Waals surface area contributed by atoms with Crippen LogP contribution in [0.2, 0.25) is 0 Å². The highest BCUT2D eigenvalue weighted by Gasteiger charge is 2.43. The lowest BCUT2D eigenvalue weighted by Gasteiger charge is -2.27. The van der Waals surface area contributed by atoms with Gasteiger partial charge in [-0.05, 0) is 49.8 Å². The van der Waals surface area contributed by atoms with Gasteiger partial charge in [0.15, 0.2) is 0 Å². The van der Waals surface area contributed by atoms with Crippen molar-refractivity contribution in [1.29, 1.82) is 0 Å². The Kier molecular flexibility index (Phi) is 9.92. The summed E-state index contributed by atoms with van der Waals surface area (Å²) in [5.74, 6) is -0.955. The molecule has 9 nitrogen and oxygen atoms in total. The van der Waals surface area contributed by atoms with Crippen LogP contribution in [0.25, 0.3) is 28.2 Å². The van der Waals surface area contributed by atoms with E-state index in [1.54, 1.807) is 0 Å². The van der Waals surface area contributed by atoms with Crippen LogP contribution in [0.15, 0.2) is 60.7 Å². The van der Waals surface area contributed by atoms with Crippen molar-refractivity contribution in [1.82, 2.24) is 15.2 Å². The van der Waals surface area contributed by atoms with Crippen molar-refractivity contribution in [3.8, 4) is 17.0 Å². The number of carboxylic acid groups (broad SMARTS) is 1. The van der Waals surface area contributed by atoms with Gasteiger partial charge in [0.25, 0.3) is 0 Å². The van der Waals surface area contributed by atoms with Crippen LogP contribution in [-0.4, -0.2) is 64.3 Å². The molecule has 226 valence electrons. The molecule has 4 bridgehead atoms. The van der Waals surface area contributed by atoms with Gasteiger partial charge < -0.3 is 24.8 Å². The molecule has 2 N–H and O–H groups in total. The van der Waals surface area contributed by atoms with E-state index in [-0.39, 0.29) is 19.6 Å². The molecule has 2 aliphatic rings. The predicted octanol–water partition coefficient (Wildman–Crippen LogP) is 6.21. The normalized spacial score (nSPS) is 22.4. The number of hydrogen-bond acceptors (Lipinski definition) is 6. The third-order valence-electron chi connectivity index (χ3n) is 7.98. The number of carbonyl (C=O) groups is 3. The zero-order chi connectivity index (χ0) is 30.2. The van der Waals surface area contributed by atoms with E-state index in [1.165, 1.54) is 4.90 Å². The van der Waals surface area contributed by atoms with Gasteiger partial charge in [0.1, 0.15) is 23.9 Å². The lowest BCUT2D eigenvalue weighted by molar-refractivity contribution is -0.149. The Bertz CT molecular complexity index is 1470. The highest BCUT2D eigenvalue weighted by atomic mass is 16.5. The molecule has 5 rings (SSSR count). The Morgan fingerprint density at radius 2 is 1.93 bits per heavy atom. The topological polar surface area (TPSA) is 118 Å². The van der Waals surface area contributed by atoms with Crippen LogP contribution >= 0.6 is 0 Å². The van der Waals surface area contributed by atoms with Gasteiger partial charge in [-0.3, -0.25) is 4.79 Å². The van der Waals surface area contributed by atoms with Crippen molar-refractivity contribution in [2.24, 2.45) is 0 Å². The van der Waals surface area contributed by atoms with Gasteiger partial charge in [-0.15, -0.1) is 0 Å². The summed E-state index contributed by atoms with van der Waals surface area (Å²) in [5.41, 5.74) is 3.44. The molecule has 2 amide bonds. The molecule has 0 radical (unpaired) electrons. The molecule has 2 aliphatic heterocycles. The van der Waals surface area contributed by atoms with Crippen LogP contribution in [0.3, 0.4) is 0 Å². The van der Waals surface area contributed by atoms with Crippen molar-refractivity contribution in [3.63, 3.8) is 0 Å². The summed E-state index contributed by atoms with van der Waals surface area (Å²) in [7, 11) is 0. The van der Waals surface area contributed by atoms with Gasteiger partial charge in [-0.2, -0.15) is 0 Å². The van der Waals surface area contributed by atoms with Crippen LogP contribution in [0.4, 0.5) is 4.79 Å². The molecule has 3 heterocycles. The average Bonchev–Trinajstić information content (AvgIpc) is 3.44. The molecular weight excluding hydrogens is 546 g/mol. The molecule has 0 aliphatic carbocycles. The molecular formula is C34H39N3O6. The van der Waals surface area contributed by atoms with Gasteiger partial charge in [0.05, 0.1) is 24.4 Å². The van der Waals surface area contributed by atoms with Gasteiger partial charge in [-0.1, -0.05) is 68.3 Å². The zero-order valence-corrected chi connectivity index (χ0v) is 24.5. The largest absolute Gasteiger partial charge is 0.488 e. The first-order chi connectivity index (χ1) is 20.9. The van der Waals surface area contributed by atoms with E-state index in [4.69, 9.17) is 14.5 Å². The average molecular weight is 586 g/mol. The zero-order valence-electron chi connectivity index (χ0n) is 24.5. The highest BCUT2D eigenvalue weighted by Crippen LogP contribution is 2.34. The number of nitrogens with zero attached hydrogens (tertiary/aromatic N) is 2. The number of allylic oxidation sites excluding steroid dienone is 1. The number of hydrogen-bond donors (Lipinski definition) is 2. The second kappa shape index (κ2) is 14.2. The lowest BCUT2D eigenvalue weighted by Crippen LogP contribution is -2.52. The number of benzene rings is 2. The van der Waals surface area contributed by atoms with Crippen LogP contribution in [-0.2, 0) is 14.3 Å². The maximum absolute atomic E-state index is 13.7. The van der Waals surface area contributed by atoms with Crippen molar-refractivity contribution < 1.29 is 29.0 Å². The molecule has 0 spiro atoms. The van der Waals surface area contributed by atoms with Crippen molar-refractivity contribution in [2.45, 2.75) is 76.5 Å². The highest BCUT2D eigenvalue weighted by molar-refractivity contribution is 5.91. The lowest BCUT2D eigenvalue weighted by atomic mass is 10.1. The van der Waals surface area contributed by atoms with E-state index >= 15 is 0 Å². The number of alkyl carbamates (subject to hydrolysis) is 1. The summed E-state index contributed by atoms with van der Waals surface area (Å²) < 4.78 is 11.9. The molecule has 1 aromatic heterocycles. The molecule has 2 aromatic carbocycles. The number of aromatic nitrogens is 1. The molecule has 9 heteroatoms. The van der Waals surface area contributed by atoms with E-state index in [9.17, 15) is 19.5 Å². The minimum Gasteiger partial charge on any atom is -0.488 e. The number of unbranched alkanes of at least 4 members (excludes halogenated alkanes) is 1. The van der Waals surface area contributed by atoms with E-state index in [1.807, 2.05) is 61.5 Å². The Labute approximate surface area is 251 Å². The Morgan fingerprint density at radius 1 is 1.09 bits per heavy atom. The van der Waals surface area contributed by atoms with E-state index in [0.717, 1.165) is 59.8 Å². The molecule has 43 heavy (non-hydrogen) atoms. The summed E-state index contributed by atoms with van der Waals surface area (Å²) in [6, 6.07) is 15.8. The fraction of sp³-hybridized carbons (Fsp3) is 0.412. The summed E-state index contributed by atoms with van der Waals surface area (Å²) in [5, 5.41) is 13.6. The Balaban J connectivity index is 1.52. The third-order valence-corrected chi connectivity index (χ3v) is 7.98. The van der Waals surface area contributed by atoms with E-state index < -0.39 is 36.2 Å². The maximum atomic E-state index is 13.7. The second-order valence-electron chi connectivity index (χ2n) is 11.2. The summed E-state index contributed by atoms with van der Waals surface area (Å²) in [4.78, 5) is 44.9. The summed E-state index contributed by atoms with van der Waals surface area (Å²) in [6.45, 7) is 2.34. The number of fused-ring (bicyclic) bond motifs is 3. The number of aliphatic carboxylic acids is 1. The first-order valence-electron chi connectivity index (χ1n) is 15.2. The number of carboxylic acids is 1. The Morgan fingerprint density at radius 3 is 2.72 bits per heavy atom. The number of rotatable bonds is 5. The van der Waals surface area contributed by atoms with E-state index in [0.29, 0.717) is 18.6 Å². The van der Waals surface area contributed by atoms with E-state index in [2.05, 4.69) is 17.5 Å². The first-order valence-corrected chi connectivity index (χ1v) is 15.2. The van der Waals surface area contributed by atoms with Crippen molar-refractivity contribution >= 4 is 34.9 Å². The number of amides is 2. The number of carbonyl (C=O) groups excluding carboxylic acids is 2. The number of cyclic esters (lactones) is 1. The number of pyridine rings is 1.